The summed E-state index contributed by atoms with van der Waals surface area (Å²) in [5.74, 6) is -0.702. The Kier molecular flexibility index (Phi) is 5.08. The molecule has 0 bridgehead atoms. The van der Waals surface area contributed by atoms with Crippen molar-refractivity contribution >= 4 is 15.9 Å². The lowest BCUT2D eigenvalue weighted by atomic mass is 10.0. The van der Waals surface area contributed by atoms with Crippen LogP contribution in [0.3, 0.4) is 0 Å². The van der Waals surface area contributed by atoms with Gasteiger partial charge >= 0.3 is 0 Å². The molecular weight excluding hydrogens is 306 g/mol. The summed E-state index contributed by atoms with van der Waals surface area (Å²) in [7, 11) is -2.57. The predicted octanol–water partition coefficient (Wildman–Crippen LogP) is 1.54. The van der Waals surface area contributed by atoms with Crippen LogP contribution in [0.25, 0.3) is 0 Å². The summed E-state index contributed by atoms with van der Waals surface area (Å²) in [6.07, 6.45) is 1.39. The molecule has 0 aliphatic carbocycles. The number of hydrogen-bond donors (Lipinski definition) is 1. The predicted molar refractivity (Wildman–Crippen MR) is 81.3 cm³/mol. The van der Waals surface area contributed by atoms with Crippen LogP contribution in [-0.4, -0.2) is 34.6 Å². The molecule has 1 amide bonds. The molecule has 0 saturated carbocycles. The number of benzene rings is 1. The fourth-order valence-corrected chi connectivity index (χ4v) is 3.97. The van der Waals surface area contributed by atoms with E-state index in [1.54, 1.807) is 13.8 Å². The maximum atomic E-state index is 12.5. The summed E-state index contributed by atoms with van der Waals surface area (Å²) in [6.45, 7) is 4.43. The first-order chi connectivity index (χ1) is 10.3. The van der Waals surface area contributed by atoms with Crippen LogP contribution >= 0.6 is 0 Å². The van der Waals surface area contributed by atoms with Crippen LogP contribution < -0.4 is 9.46 Å². The lowest BCUT2D eigenvalue weighted by Crippen LogP contribution is -2.39. The van der Waals surface area contributed by atoms with Crippen molar-refractivity contribution in [2.24, 2.45) is 5.92 Å². The van der Waals surface area contributed by atoms with Crippen molar-refractivity contribution in [2.45, 2.75) is 31.6 Å². The van der Waals surface area contributed by atoms with Gasteiger partial charge in [-0.15, -0.1) is 0 Å². The fourth-order valence-electron chi connectivity index (χ4n) is 2.59. The quantitative estimate of drug-likeness (QED) is 0.907. The molecule has 1 atom stereocenters. The Balaban J connectivity index is 2.28. The van der Waals surface area contributed by atoms with Crippen molar-refractivity contribution in [3.8, 4) is 5.75 Å². The van der Waals surface area contributed by atoms with Crippen molar-refractivity contribution in [1.82, 2.24) is 4.72 Å². The van der Waals surface area contributed by atoms with Gasteiger partial charge in [-0.1, -0.05) is 6.07 Å². The minimum atomic E-state index is -3.98. The van der Waals surface area contributed by atoms with E-state index in [2.05, 4.69) is 4.72 Å². The van der Waals surface area contributed by atoms with Crippen LogP contribution in [0.1, 0.15) is 24.0 Å². The van der Waals surface area contributed by atoms with E-state index in [1.165, 1.54) is 13.2 Å². The Morgan fingerprint density at radius 2 is 2.09 bits per heavy atom. The van der Waals surface area contributed by atoms with Crippen molar-refractivity contribution in [3.63, 3.8) is 0 Å². The summed E-state index contributed by atoms with van der Waals surface area (Å²) < 4.78 is 37.6. The number of carbonyl (C=O) groups excluding carboxylic acids is 1. The molecule has 1 aromatic rings. The molecule has 0 unspecified atom stereocenters. The average Bonchev–Trinajstić information content (AvgIpc) is 2.47. The number of amides is 1. The Bertz CT molecular complexity index is 663. The molecule has 122 valence electrons. The first kappa shape index (κ1) is 16.8. The third-order valence-corrected chi connectivity index (χ3v) is 5.00. The van der Waals surface area contributed by atoms with Crippen LogP contribution in [0.5, 0.6) is 5.75 Å². The zero-order valence-corrected chi connectivity index (χ0v) is 13.8. The van der Waals surface area contributed by atoms with Gasteiger partial charge in [0.2, 0.25) is 5.91 Å². The van der Waals surface area contributed by atoms with Crippen LogP contribution in [-0.2, 0) is 19.6 Å². The normalized spacial score (nSPS) is 18.8. The highest BCUT2D eigenvalue weighted by Gasteiger charge is 2.28. The smallest absolute Gasteiger partial charge is 0.267 e. The highest BCUT2D eigenvalue weighted by atomic mass is 32.2. The van der Waals surface area contributed by atoms with Crippen molar-refractivity contribution in [2.75, 3.05) is 20.3 Å². The van der Waals surface area contributed by atoms with E-state index in [4.69, 9.17) is 9.47 Å². The van der Waals surface area contributed by atoms with Crippen molar-refractivity contribution in [1.29, 1.82) is 0 Å². The van der Waals surface area contributed by atoms with Crippen molar-refractivity contribution in [3.05, 3.63) is 23.3 Å². The Morgan fingerprint density at radius 3 is 2.68 bits per heavy atom. The zero-order valence-electron chi connectivity index (χ0n) is 13.0. The number of sulfonamides is 1. The molecule has 0 aromatic heterocycles. The van der Waals surface area contributed by atoms with Gasteiger partial charge in [-0.2, -0.15) is 0 Å². The Morgan fingerprint density at radius 1 is 1.36 bits per heavy atom. The van der Waals surface area contributed by atoms with E-state index >= 15 is 0 Å². The molecule has 0 radical (unpaired) electrons. The maximum Gasteiger partial charge on any atom is 0.267 e. The second-order valence-corrected chi connectivity index (χ2v) is 7.15. The van der Waals surface area contributed by atoms with Gasteiger partial charge < -0.3 is 9.47 Å². The number of methoxy groups -OCH3 is 1. The first-order valence-corrected chi connectivity index (χ1v) is 8.63. The van der Waals surface area contributed by atoms with E-state index in [-0.39, 0.29) is 17.3 Å². The third-order valence-electron chi connectivity index (χ3n) is 3.64. The van der Waals surface area contributed by atoms with Gasteiger partial charge in [0.15, 0.2) is 0 Å². The van der Waals surface area contributed by atoms with Gasteiger partial charge in [0, 0.05) is 6.61 Å². The number of aryl methyl sites for hydroxylation is 2. The zero-order chi connectivity index (χ0) is 16.3. The molecule has 22 heavy (non-hydrogen) atoms. The van der Waals surface area contributed by atoms with E-state index in [9.17, 15) is 13.2 Å². The number of nitrogens with one attached hydrogen (secondary N) is 1. The van der Waals surface area contributed by atoms with Gasteiger partial charge in [0.1, 0.15) is 10.6 Å². The van der Waals surface area contributed by atoms with Crippen LogP contribution in [0.4, 0.5) is 0 Å². The Labute approximate surface area is 130 Å². The standard InChI is InChI=1S/C15H21NO5S/c1-10-7-11(2)14(20-3)13(8-10)22(18,19)16-15(17)12-5-4-6-21-9-12/h7-8,12H,4-6,9H2,1-3H3,(H,16,17)/t12-/m0/s1. The van der Waals surface area contributed by atoms with Gasteiger partial charge in [-0.3, -0.25) is 4.79 Å². The lowest BCUT2D eigenvalue weighted by Gasteiger charge is -2.21. The molecule has 1 N–H and O–H groups in total. The lowest BCUT2D eigenvalue weighted by molar-refractivity contribution is -0.127. The fraction of sp³-hybridized carbons (Fsp3) is 0.533. The minimum absolute atomic E-state index is 0.0161. The van der Waals surface area contributed by atoms with Gasteiger partial charge in [-0.05, 0) is 43.9 Å². The van der Waals surface area contributed by atoms with Crippen LogP contribution in [0.15, 0.2) is 17.0 Å². The second-order valence-electron chi connectivity index (χ2n) is 5.50. The van der Waals surface area contributed by atoms with Gasteiger partial charge in [-0.25, -0.2) is 13.1 Å². The first-order valence-electron chi connectivity index (χ1n) is 7.15. The summed E-state index contributed by atoms with van der Waals surface area (Å²) in [4.78, 5) is 12.1. The average molecular weight is 327 g/mol. The van der Waals surface area contributed by atoms with Gasteiger partial charge in [0.25, 0.3) is 10.0 Å². The Hall–Kier alpha value is -1.60. The molecule has 1 heterocycles. The highest BCUT2D eigenvalue weighted by molar-refractivity contribution is 7.90. The number of ether oxygens (including phenoxy) is 2. The van der Waals surface area contributed by atoms with Crippen LogP contribution in [0.2, 0.25) is 0 Å². The maximum absolute atomic E-state index is 12.5. The molecular formula is C15H21NO5S. The summed E-state index contributed by atoms with van der Waals surface area (Å²) in [5.41, 5.74) is 1.49. The molecule has 1 aromatic carbocycles. The third kappa shape index (κ3) is 3.59. The molecule has 1 saturated heterocycles. The molecule has 7 heteroatoms. The van der Waals surface area contributed by atoms with Crippen molar-refractivity contribution < 1.29 is 22.7 Å². The summed E-state index contributed by atoms with van der Waals surface area (Å²) >= 11 is 0. The van der Waals surface area contributed by atoms with E-state index in [0.717, 1.165) is 12.0 Å². The van der Waals surface area contributed by atoms with E-state index in [1.807, 2.05) is 6.07 Å². The number of rotatable bonds is 4. The second kappa shape index (κ2) is 6.66. The SMILES string of the molecule is COc1c(C)cc(C)cc1S(=O)(=O)NC(=O)[C@H]1CCCOC1. The summed E-state index contributed by atoms with van der Waals surface area (Å²) in [6, 6.07) is 3.33. The largest absolute Gasteiger partial charge is 0.495 e. The minimum Gasteiger partial charge on any atom is -0.495 e. The summed E-state index contributed by atoms with van der Waals surface area (Å²) in [5, 5.41) is 0. The number of hydrogen-bond acceptors (Lipinski definition) is 5. The molecule has 1 aliphatic rings. The number of carbonyl (C=O) groups is 1. The van der Waals surface area contributed by atoms with E-state index in [0.29, 0.717) is 18.6 Å². The van der Waals surface area contributed by atoms with Crippen LogP contribution in [0, 0.1) is 19.8 Å². The highest BCUT2D eigenvalue weighted by Crippen LogP contribution is 2.29. The monoisotopic (exact) mass is 327 g/mol. The molecule has 0 spiro atoms. The van der Waals surface area contributed by atoms with E-state index < -0.39 is 21.8 Å². The molecule has 1 aliphatic heterocycles. The molecule has 2 rings (SSSR count). The molecule has 1 fully saturated rings. The van der Waals surface area contributed by atoms with Gasteiger partial charge in [0.05, 0.1) is 19.6 Å². The molecule has 6 nitrogen and oxygen atoms in total. The topological polar surface area (TPSA) is 81.7 Å².